The van der Waals surface area contributed by atoms with Crippen LogP contribution in [0, 0.1) is 6.92 Å². The molecule has 2 nitrogen and oxygen atoms in total. The lowest BCUT2D eigenvalue weighted by Crippen LogP contribution is -2.42. The number of halogens is 1. The quantitative estimate of drug-likeness (QED) is 0.904. The number of nitrogens with zero attached hydrogens (tertiary/aromatic N) is 1. The molecule has 1 fully saturated rings. The van der Waals surface area contributed by atoms with Gasteiger partial charge in [-0.25, -0.2) is 0 Å². The van der Waals surface area contributed by atoms with Crippen LogP contribution in [-0.4, -0.2) is 24.0 Å². The van der Waals surface area contributed by atoms with Crippen molar-refractivity contribution in [1.82, 2.24) is 4.90 Å². The molecule has 0 unspecified atom stereocenters. The molecule has 0 amide bonds. The molecule has 0 aromatic heterocycles. The number of hydrogen-bond donors (Lipinski definition) is 1. The molecule has 1 aromatic carbocycles. The summed E-state index contributed by atoms with van der Waals surface area (Å²) < 4.78 is 1.17. The average molecular weight is 283 g/mol. The Hall–Kier alpha value is -0.380. The summed E-state index contributed by atoms with van der Waals surface area (Å²) >= 11 is 3.55. The van der Waals surface area contributed by atoms with Gasteiger partial charge in [-0.15, -0.1) is 0 Å². The van der Waals surface area contributed by atoms with Gasteiger partial charge in [-0.2, -0.15) is 0 Å². The van der Waals surface area contributed by atoms with E-state index in [1.807, 2.05) is 0 Å². The monoisotopic (exact) mass is 282 g/mol. The van der Waals surface area contributed by atoms with E-state index in [1.165, 1.54) is 35.0 Å². The highest BCUT2D eigenvalue weighted by Crippen LogP contribution is 2.18. The van der Waals surface area contributed by atoms with Crippen molar-refractivity contribution < 1.29 is 0 Å². The lowest BCUT2D eigenvalue weighted by atomic mass is 10.1. The van der Waals surface area contributed by atoms with Crippen molar-refractivity contribution >= 4 is 15.9 Å². The van der Waals surface area contributed by atoms with Crippen molar-refractivity contribution in [1.29, 1.82) is 0 Å². The lowest BCUT2D eigenvalue weighted by Gasteiger charge is -2.30. The molecule has 1 atom stereocenters. The van der Waals surface area contributed by atoms with E-state index in [1.54, 1.807) is 0 Å². The summed E-state index contributed by atoms with van der Waals surface area (Å²) in [7, 11) is 0. The third-order valence-electron chi connectivity index (χ3n) is 3.05. The summed E-state index contributed by atoms with van der Waals surface area (Å²) in [6.07, 6.45) is 2.40. The zero-order valence-corrected chi connectivity index (χ0v) is 11.3. The molecule has 0 saturated carbocycles. The van der Waals surface area contributed by atoms with Crippen LogP contribution in [0.2, 0.25) is 0 Å². The van der Waals surface area contributed by atoms with Gasteiger partial charge in [0.1, 0.15) is 0 Å². The lowest BCUT2D eigenvalue weighted by molar-refractivity contribution is 0.201. The number of piperidine rings is 1. The number of likely N-dealkylation sites (tertiary alicyclic amines) is 1. The zero-order chi connectivity index (χ0) is 11.5. The van der Waals surface area contributed by atoms with E-state index in [-0.39, 0.29) is 0 Å². The molecule has 1 aliphatic rings. The fourth-order valence-electron chi connectivity index (χ4n) is 2.40. The third-order valence-corrected chi connectivity index (χ3v) is 3.51. The van der Waals surface area contributed by atoms with Gasteiger partial charge in [0, 0.05) is 23.6 Å². The van der Waals surface area contributed by atoms with Gasteiger partial charge < -0.3 is 5.73 Å². The van der Waals surface area contributed by atoms with Crippen LogP contribution in [0.5, 0.6) is 0 Å². The largest absolute Gasteiger partial charge is 0.327 e. The number of nitrogens with two attached hydrogens (primary N) is 1. The van der Waals surface area contributed by atoms with Crippen LogP contribution in [0.4, 0.5) is 0 Å². The Morgan fingerprint density at radius 2 is 2.25 bits per heavy atom. The summed E-state index contributed by atoms with van der Waals surface area (Å²) in [4.78, 5) is 2.45. The van der Waals surface area contributed by atoms with Gasteiger partial charge in [-0.3, -0.25) is 4.90 Å². The first-order valence-corrected chi connectivity index (χ1v) is 6.67. The van der Waals surface area contributed by atoms with Crippen LogP contribution in [0.1, 0.15) is 24.0 Å². The van der Waals surface area contributed by atoms with Crippen molar-refractivity contribution in [2.24, 2.45) is 5.73 Å². The minimum Gasteiger partial charge on any atom is -0.327 e. The maximum Gasteiger partial charge on any atom is 0.0234 e. The molecule has 1 aromatic rings. The number of rotatable bonds is 2. The van der Waals surface area contributed by atoms with E-state index in [2.05, 4.69) is 46.0 Å². The molecule has 0 radical (unpaired) electrons. The van der Waals surface area contributed by atoms with Gasteiger partial charge in [-0.1, -0.05) is 22.0 Å². The molecule has 16 heavy (non-hydrogen) atoms. The Balaban J connectivity index is 2.02. The van der Waals surface area contributed by atoms with E-state index in [4.69, 9.17) is 5.73 Å². The fraction of sp³-hybridized carbons (Fsp3) is 0.538. The predicted octanol–water partition coefficient (Wildman–Crippen LogP) is 2.68. The SMILES string of the molecule is Cc1cc(Br)cc(CN2CCC[C@H](N)C2)c1. The number of aryl methyl sites for hydroxylation is 1. The second-order valence-corrected chi connectivity index (χ2v) is 5.69. The Kier molecular flexibility index (Phi) is 4.00. The van der Waals surface area contributed by atoms with Crippen molar-refractivity contribution in [3.63, 3.8) is 0 Å². The first-order valence-electron chi connectivity index (χ1n) is 5.87. The molecule has 1 saturated heterocycles. The van der Waals surface area contributed by atoms with Crippen molar-refractivity contribution in [3.8, 4) is 0 Å². The first kappa shape index (κ1) is 12.1. The average Bonchev–Trinajstić information content (AvgIpc) is 2.15. The first-order chi connectivity index (χ1) is 7.63. The normalized spacial score (nSPS) is 22.3. The maximum absolute atomic E-state index is 5.99. The standard InChI is InChI=1S/C13H19BrN2/c1-10-5-11(7-12(14)6-10)8-16-4-2-3-13(15)9-16/h5-7,13H,2-4,8-9,15H2,1H3/t13-/m0/s1. The van der Waals surface area contributed by atoms with Gasteiger partial charge in [0.15, 0.2) is 0 Å². The van der Waals surface area contributed by atoms with Crippen LogP contribution < -0.4 is 5.73 Å². The Morgan fingerprint density at radius 1 is 1.44 bits per heavy atom. The predicted molar refractivity (Wildman–Crippen MR) is 71.4 cm³/mol. The number of benzene rings is 1. The topological polar surface area (TPSA) is 29.3 Å². The van der Waals surface area contributed by atoms with Crippen LogP contribution in [-0.2, 0) is 6.54 Å². The molecule has 1 aliphatic heterocycles. The van der Waals surface area contributed by atoms with Crippen molar-refractivity contribution in [2.75, 3.05) is 13.1 Å². The summed E-state index contributed by atoms with van der Waals surface area (Å²) in [5.74, 6) is 0. The molecule has 0 spiro atoms. The summed E-state index contributed by atoms with van der Waals surface area (Å²) in [6, 6.07) is 6.96. The minimum atomic E-state index is 0.363. The van der Waals surface area contributed by atoms with E-state index in [9.17, 15) is 0 Å². The van der Waals surface area contributed by atoms with Crippen LogP contribution in [0.15, 0.2) is 22.7 Å². The Bertz CT molecular complexity index is 345. The molecular formula is C13H19BrN2. The maximum atomic E-state index is 5.99. The van der Waals surface area contributed by atoms with Crippen molar-refractivity contribution in [3.05, 3.63) is 33.8 Å². The van der Waals surface area contributed by atoms with E-state index in [0.29, 0.717) is 6.04 Å². The fourth-order valence-corrected chi connectivity index (χ4v) is 3.05. The Labute approximate surface area is 106 Å². The molecule has 0 aliphatic carbocycles. The van der Waals surface area contributed by atoms with Gasteiger partial charge in [-0.05, 0) is 49.6 Å². The summed E-state index contributed by atoms with van der Waals surface area (Å²) in [6.45, 7) is 5.37. The summed E-state index contributed by atoms with van der Waals surface area (Å²) in [5.41, 5.74) is 8.67. The van der Waals surface area contributed by atoms with Crippen LogP contribution in [0.25, 0.3) is 0 Å². The third kappa shape index (κ3) is 3.30. The molecule has 1 heterocycles. The van der Waals surface area contributed by atoms with Crippen molar-refractivity contribution in [2.45, 2.75) is 32.4 Å². The van der Waals surface area contributed by atoms with Gasteiger partial charge in [0.05, 0.1) is 0 Å². The zero-order valence-electron chi connectivity index (χ0n) is 9.75. The summed E-state index contributed by atoms with van der Waals surface area (Å²) in [5, 5.41) is 0. The second kappa shape index (κ2) is 5.30. The minimum absolute atomic E-state index is 0.363. The van der Waals surface area contributed by atoms with Gasteiger partial charge in [0.2, 0.25) is 0 Å². The molecule has 88 valence electrons. The van der Waals surface area contributed by atoms with Crippen LogP contribution in [0.3, 0.4) is 0 Å². The highest BCUT2D eigenvalue weighted by molar-refractivity contribution is 9.10. The Morgan fingerprint density at radius 3 is 2.94 bits per heavy atom. The van der Waals surface area contributed by atoms with E-state index in [0.717, 1.165) is 13.1 Å². The van der Waals surface area contributed by atoms with E-state index >= 15 is 0 Å². The van der Waals surface area contributed by atoms with Gasteiger partial charge in [0.25, 0.3) is 0 Å². The highest BCUT2D eigenvalue weighted by atomic mass is 79.9. The molecule has 2 N–H and O–H groups in total. The number of hydrogen-bond acceptors (Lipinski definition) is 2. The molecule has 0 bridgehead atoms. The smallest absolute Gasteiger partial charge is 0.0234 e. The van der Waals surface area contributed by atoms with E-state index < -0.39 is 0 Å². The van der Waals surface area contributed by atoms with Gasteiger partial charge >= 0.3 is 0 Å². The second-order valence-electron chi connectivity index (χ2n) is 4.77. The highest BCUT2D eigenvalue weighted by Gasteiger charge is 2.16. The van der Waals surface area contributed by atoms with Crippen LogP contribution >= 0.6 is 15.9 Å². The molecule has 3 heteroatoms. The molecular weight excluding hydrogens is 264 g/mol. The molecule has 2 rings (SSSR count).